The first-order valence-corrected chi connectivity index (χ1v) is 19.1. The van der Waals surface area contributed by atoms with Crippen molar-refractivity contribution in [3.63, 3.8) is 0 Å². The van der Waals surface area contributed by atoms with E-state index in [2.05, 4.69) is 219 Å². The highest BCUT2D eigenvalue weighted by Crippen LogP contribution is 2.43. The van der Waals surface area contributed by atoms with Gasteiger partial charge in [-0.2, -0.15) is 0 Å². The topological polar surface area (TPSA) is 3.24 Å². The molecule has 0 aromatic heterocycles. The van der Waals surface area contributed by atoms with E-state index in [9.17, 15) is 0 Å². The normalized spacial score (nSPS) is 11.5. The Balaban J connectivity index is 0.000000151. The zero-order valence-corrected chi connectivity index (χ0v) is 31.0. The van der Waals surface area contributed by atoms with Crippen molar-refractivity contribution in [3.05, 3.63) is 211 Å². The van der Waals surface area contributed by atoms with Crippen molar-refractivity contribution in [2.75, 3.05) is 4.90 Å². The zero-order chi connectivity index (χ0) is 36.9. The van der Waals surface area contributed by atoms with E-state index in [0.29, 0.717) is 0 Å². The fourth-order valence-electron chi connectivity index (χ4n) is 8.55. The van der Waals surface area contributed by atoms with Gasteiger partial charge in [-0.3, -0.25) is 0 Å². The molecule has 0 saturated heterocycles. The van der Waals surface area contributed by atoms with Crippen LogP contribution in [0.2, 0.25) is 0 Å². The van der Waals surface area contributed by atoms with Gasteiger partial charge in [0, 0.05) is 16.5 Å². The second-order valence-electron chi connectivity index (χ2n) is 14.6. The first-order valence-electron chi connectivity index (χ1n) is 19.1. The molecular formula is C54H39N. The molecule has 260 valence electrons. The summed E-state index contributed by atoms with van der Waals surface area (Å²) in [6, 6.07) is 72.4. The lowest BCUT2D eigenvalue weighted by molar-refractivity contribution is 1.31. The third kappa shape index (κ3) is 5.64. The van der Waals surface area contributed by atoms with Gasteiger partial charge in [0.25, 0.3) is 0 Å². The van der Waals surface area contributed by atoms with E-state index in [0.717, 1.165) is 5.69 Å². The maximum atomic E-state index is 2.39. The first-order chi connectivity index (χ1) is 27.1. The van der Waals surface area contributed by atoms with E-state index in [1.807, 2.05) is 0 Å². The summed E-state index contributed by atoms with van der Waals surface area (Å²) >= 11 is 0. The summed E-state index contributed by atoms with van der Waals surface area (Å²) in [6.07, 6.45) is 0. The molecule has 0 amide bonds. The number of nitrogens with zero attached hydrogens (tertiary/aromatic N) is 1. The van der Waals surface area contributed by atoms with Gasteiger partial charge in [0.1, 0.15) is 0 Å². The maximum Gasteiger partial charge on any atom is 0.0540 e. The highest BCUT2D eigenvalue weighted by Gasteiger charge is 2.18. The standard InChI is InChI=1S/C33H25N.C21H14/c1-24-16-18-25(19-17-24)26-20-22-29(23-21-26)34(32-14-6-10-27-8-2-4-12-30(27)32)33-15-7-11-28-9-3-5-13-31(28)33;1-13-11-12-19-17-9-3-6-14-5-2-8-16(20(14)17)18-10-4-7-15(13)21(18)19/h2-23H,1H3;2-12H,1H3. The van der Waals surface area contributed by atoms with Gasteiger partial charge in [0.15, 0.2) is 0 Å². The molecule has 0 spiro atoms. The van der Waals surface area contributed by atoms with Crippen LogP contribution >= 0.6 is 0 Å². The van der Waals surface area contributed by atoms with Crippen molar-refractivity contribution in [2.45, 2.75) is 13.8 Å². The molecule has 11 aromatic rings. The van der Waals surface area contributed by atoms with Gasteiger partial charge in [-0.25, -0.2) is 0 Å². The molecule has 0 aliphatic rings. The van der Waals surface area contributed by atoms with E-state index in [1.165, 1.54) is 98.3 Å². The minimum absolute atomic E-state index is 1.14. The Bertz CT molecular complexity index is 3020. The molecule has 0 aliphatic carbocycles. The minimum Gasteiger partial charge on any atom is -0.309 e. The molecule has 11 rings (SSSR count). The predicted octanol–water partition coefficient (Wildman–Crippen LogP) is 15.5. The SMILES string of the molecule is Cc1ccc(-c2ccc(N(c3cccc4ccccc34)c3cccc4ccccc34)cc2)cc1.Cc1ccc2c3cccc4cccc(c5cccc1c52)c43. The maximum absolute atomic E-state index is 2.39. The smallest absolute Gasteiger partial charge is 0.0540 e. The summed E-state index contributed by atoms with van der Waals surface area (Å²) in [4.78, 5) is 2.39. The van der Waals surface area contributed by atoms with E-state index >= 15 is 0 Å². The lowest BCUT2D eigenvalue weighted by Gasteiger charge is -2.28. The van der Waals surface area contributed by atoms with E-state index < -0.39 is 0 Å². The summed E-state index contributed by atoms with van der Waals surface area (Å²) in [7, 11) is 0. The molecule has 0 heterocycles. The molecule has 11 aromatic carbocycles. The van der Waals surface area contributed by atoms with Crippen molar-refractivity contribution >= 4 is 81.7 Å². The van der Waals surface area contributed by atoms with Gasteiger partial charge in [-0.1, -0.05) is 181 Å². The summed E-state index contributed by atoms with van der Waals surface area (Å²) in [5.41, 5.74) is 8.58. The first kappa shape index (κ1) is 32.7. The fraction of sp³-hybridized carbons (Fsp3) is 0.0370. The summed E-state index contributed by atoms with van der Waals surface area (Å²) in [5, 5.41) is 15.9. The number of fused-ring (bicyclic) bond motifs is 4. The van der Waals surface area contributed by atoms with Crippen molar-refractivity contribution in [2.24, 2.45) is 0 Å². The summed E-state index contributed by atoms with van der Waals surface area (Å²) in [6.45, 7) is 4.32. The fourth-order valence-corrected chi connectivity index (χ4v) is 8.55. The van der Waals surface area contributed by atoms with Crippen LogP contribution in [0.5, 0.6) is 0 Å². The largest absolute Gasteiger partial charge is 0.309 e. The lowest BCUT2D eigenvalue weighted by Crippen LogP contribution is -2.11. The Labute approximate surface area is 321 Å². The van der Waals surface area contributed by atoms with Crippen LogP contribution in [0.25, 0.3) is 75.8 Å². The van der Waals surface area contributed by atoms with Gasteiger partial charge in [0.2, 0.25) is 0 Å². The Morgan fingerprint density at radius 2 is 0.709 bits per heavy atom. The third-order valence-electron chi connectivity index (χ3n) is 11.3. The quantitative estimate of drug-likeness (QED) is 0.130. The number of anilines is 3. The van der Waals surface area contributed by atoms with Gasteiger partial charge in [-0.05, 0) is 109 Å². The van der Waals surface area contributed by atoms with Gasteiger partial charge < -0.3 is 4.90 Å². The van der Waals surface area contributed by atoms with Crippen molar-refractivity contribution < 1.29 is 0 Å². The zero-order valence-electron chi connectivity index (χ0n) is 31.0. The molecule has 0 saturated carbocycles. The number of aryl methyl sites for hydroxylation is 2. The van der Waals surface area contributed by atoms with Crippen LogP contribution < -0.4 is 4.90 Å². The number of benzene rings is 11. The number of hydrogen-bond donors (Lipinski definition) is 0. The molecule has 0 N–H and O–H groups in total. The molecule has 0 bridgehead atoms. The van der Waals surface area contributed by atoms with Crippen molar-refractivity contribution in [1.82, 2.24) is 0 Å². The second-order valence-corrected chi connectivity index (χ2v) is 14.6. The Morgan fingerprint density at radius 1 is 0.291 bits per heavy atom. The highest BCUT2D eigenvalue weighted by atomic mass is 15.1. The summed E-state index contributed by atoms with van der Waals surface area (Å²) in [5.74, 6) is 0. The van der Waals surface area contributed by atoms with Crippen molar-refractivity contribution in [3.8, 4) is 11.1 Å². The molecule has 0 atom stereocenters. The number of hydrogen-bond acceptors (Lipinski definition) is 1. The van der Waals surface area contributed by atoms with Crippen LogP contribution in [-0.2, 0) is 0 Å². The van der Waals surface area contributed by atoms with Crippen LogP contribution in [0.3, 0.4) is 0 Å². The van der Waals surface area contributed by atoms with E-state index in [-0.39, 0.29) is 0 Å². The average Bonchev–Trinajstić information content (AvgIpc) is 3.24. The summed E-state index contributed by atoms with van der Waals surface area (Å²) < 4.78 is 0. The van der Waals surface area contributed by atoms with Crippen LogP contribution in [0.1, 0.15) is 11.1 Å². The van der Waals surface area contributed by atoms with Crippen LogP contribution in [0, 0.1) is 13.8 Å². The molecule has 0 fully saturated rings. The molecule has 1 nitrogen and oxygen atoms in total. The van der Waals surface area contributed by atoms with E-state index in [4.69, 9.17) is 0 Å². The highest BCUT2D eigenvalue weighted by molar-refractivity contribution is 6.33. The number of rotatable bonds is 4. The predicted molar refractivity (Wildman–Crippen MR) is 239 cm³/mol. The molecule has 55 heavy (non-hydrogen) atoms. The van der Waals surface area contributed by atoms with Crippen molar-refractivity contribution in [1.29, 1.82) is 0 Å². The third-order valence-corrected chi connectivity index (χ3v) is 11.3. The average molecular weight is 702 g/mol. The van der Waals surface area contributed by atoms with Gasteiger partial charge in [-0.15, -0.1) is 0 Å². The molecule has 0 unspecified atom stereocenters. The van der Waals surface area contributed by atoms with Crippen LogP contribution in [-0.4, -0.2) is 0 Å². The van der Waals surface area contributed by atoms with Crippen LogP contribution in [0.4, 0.5) is 17.1 Å². The minimum atomic E-state index is 1.14. The monoisotopic (exact) mass is 701 g/mol. The molecule has 1 heteroatoms. The van der Waals surface area contributed by atoms with Gasteiger partial charge in [0.05, 0.1) is 11.4 Å². The van der Waals surface area contributed by atoms with E-state index in [1.54, 1.807) is 0 Å². The lowest BCUT2D eigenvalue weighted by atomic mass is 9.89. The Hall–Kier alpha value is -6.96. The second kappa shape index (κ2) is 13.5. The Kier molecular flexibility index (Phi) is 8.00. The van der Waals surface area contributed by atoms with Gasteiger partial charge >= 0.3 is 0 Å². The molecule has 0 radical (unpaired) electrons. The Morgan fingerprint density at radius 3 is 1.31 bits per heavy atom. The molecule has 0 aliphatic heterocycles. The molecular weight excluding hydrogens is 663 g/mol. The van der Waals surface area contributed by atoms with Crippen LogP contribution in [0.15, 0.2) is 200 Å².